The largest absolute Gasteiger partial charge is 0.494 e. The first-order chi connectivity index (χ1) is 15.5. The Bertz CT molecular complexity index is 1200. The smallest absolute Gasteiger partial charge is 0.252 e. The number of hydrogen-bond donors (Lipinski definition) is 1. The summed E-state index contributed by atoms with van der Waals surface area (Å²) in [7, 11) is 0. The molecule has 1 aromatic heterocycles. The predicted octanol–water partition coefficient (Wildman–Crippen LogP) is 6.55. The molecule has 4 rings (SSSR count). The number of benzene rings is 3. The maximum absolute atomic E-state index is 13.0. The number of rotatable bonds is 7. The molecule has 1 atom stereocenters. The van der Waals surface area contributed by atoms with Crippen molar-refractivity contribution in [2.45, 2.75) is 19.9 Å². The number of aromatic nitrogens is 1. The normalized spacial score (nSPS) is 11.7. The predicted molar refractivity (Wildman–Crippen MR) is 126 cm³/mol. The van der Waals surface area contributed by atoms with E-state index in [0.717, 1.165) is 16.9 Å². The molecular formula is C26H23ClN2O3. The molecule has 3 aromatic carbocycles. The molecule has 0 spiro atoms. The zero-order valence-electron chi connectivity index (χ0n) is 17.8. The summed E-state index contributed by atoms with van der Waals surface area (Å²) in [6.07, 6.45) is 1.66. The van der Waals surface area contributed by atoms with Crippen LogP contribution in [0.2, 0.25) is 5.02 Å². The standard InChI is InChI=1S/C26H23ClN2O3/c1-3-31-21-14-10-19(11-15-21)24-16-28-26(32-24)23-7-5-4-6-22(23)25(30)29-17(2)18-8-12-20(27)13-9-18/h4-17H,3H2,1-2H3,(H,29,30)/t17-/m0/s1. The van der Waals surface area contributed by atoms with Gasteiger partial charge in [-0.25, -0.2) is 4.98 Å². The van der Waals surface area contributed by atoms with Crippen molar-refractivity contribution in [3.05, 3.63) is 95.1 Å². The van der Waals surface area contributed by atoms with Crippen molar-refractivity contribution in [2.24, 2.45) is 0 Å². The second kappa shape index (κ2) is 9.71. The minimum Gasteiger partial charge on any atom is -0.494 e. The molecule has 32 heavy (non-hydrogen) atoms. The number of hydrogen-bond acceptors (Lipinski definition) is 4. The van der Waals surface area contributed by atoms with Gasteiger partial charge in [0.2, 0.25) is 5.89 Å². The summed E-state index contributed by atoms with van der Waals surface area (Å²) in [6.45, 7) is 4.49. The number of amides is 1. The molecule has 0 bridgehead atoms. The fourth-order valence-corrected chi connectivity index (χ4v) is 3.52. The summed E-state index contributed by atoms with van der Waals surface area (Å²) in [4.78, 5) is 17.5. The quantitative estimate of drug-likeness (QED) is 0.349. The van der Waals surface area contributed by atoms with Gasteiger partial charge in [-0.2, -0.15) is 0 Å². The monoisotopic (exact) mass is 446 g/mol. The van der Waals surface area contributed by atoms with Crippen molar-refractivity contribution in [3.8, 4) is 28.5 Å². The van der Waals surface area contributed by atoms with Crippen LogP contribution in [-0.2, 0) is 0 Å². The molecule has 0 saturated carbocycles. The topological polar surface area (TPSA) is 64.4 Å². The van der Waals surface area contributed by atoms with E-state index in [-0.39, 0.29) is 11.9 Å². The molecule has 0 radical (unpaired) electrons. The van der Waals surface area contributed by atoms with Crippen molar-refractivity contribution >= 4 is 17.5 Å². The summed E-state index contributed by atoms with van der Waals surface area (Å²) in [5, 5.41) is 3.69. The van der Waals surface area contributed by atoms with Crippen molar-refractivity contribution in [2.75, 3.05) is 6.61 Å². The molecular weight excluding hydrogens is 424 g/mol. The Balaban J connectivity index is 1.56. The van der Waals surface area contributed by atoms with E-state index in [1.165, 1.54) is 0 Å². The molecule has 6 heteroatoms. The van der Waals surface area contributed by atoms with Gasteiger partial charge in [-0.15, -0.1) is 0 Å². The fourth-order valence-electron chi connectivity index (χ4n) is 3.39. The average molecular weight is 447 g/mol. The Morgan fingerprint density at radius 1 is 1.06 bits per heavy atom. The minimum atomic E-state index is -0.205. The Kier molecular flexibility index (Phi) is 6.57. The molecule has 0 aliphatic carbocycles. The highest BCUT2D eigenvalue weighted by Gasteiger charge is 2.19. The zero-order chi connectivity index (χ0) is 22.5. The van der Waals surface area contributed by atoms with E-state index in [1.54, 1.807) is 12.3 Å². The molecule has 0 aliphatic heterocycles. The molecule has 4 aromatic rings. The van der Waals surface area contributed by atoms with Crippen LogP contribution < -0.4 is 10.1 Å². The number of carbonyl (C=O) groups is 1. The lowest BCUT2D eigenvalue weighted by molar-refractivity contribution is 0.0940. The molecule has 0 unspecified atom stereocenters. The van der Waals surface area contributed by atoms with Crippen LogP contribution in [0.5, 0.6) is 5.75 Å². The van der Waals surface area contributed by atoms with E-state index in [0.29, 0.717) is 34.4 Å². The first kappa shape index (κ1) is 21.7. The van der Waals surface area contributed by atoms with Gasteiger partial charge in [-0.05, 0) is 67.9 Å². The lowest BCUT2D eigenvalue weighted by atomic mass is 10.0. The van der Waals surface area contributed by atoms with E-state index < -0.39 is 0 Å². The third-order valence-corrected chi connectivity index (χ3v) is 5.33. The Labute approximate surface area is 192 Å². The first-order valence-electron chi connectivity index (χ1n) is 10.4. The van der Waals surface area contributed by atoms with Gasteiger partial charge in [0.1, 0.15) is 5.75 Å². The first-order valence-corrected chi connectivity index (χ1v) is 10.8. The van der Waals surface area contributed by atoms with Crippen LogP contribution in [0.25, 0.3) is 22.8 Å². The number of halogens is 1. The number of carbonyl (C=O) groups excluding carboxylic acids is 1. The Hall–Kier alpha value is -3.57. The van der Waals surface area contributed by atoms with Crippen LogP contribution in [-0.4, -0.2) is 17.5 Å². The van der Waals surface area contributed by atoms with Crippen LogP contribution in [0.1, 0.15) is 35.8 Å². The van der Waals surface area contributed by atoms with Crippen LogP contribution >= 0.6 is 11.6 Å². The summed E-state index contributed by atoms with van der Waals surface area (Å²) in [5.41, 5.74) is 2.97. The number of ether oxygens (including phenoxy) is 1. The van der Waals surface area contributed by atoms with Crippen molar-refractivity contribution < 1.29 is 13.9 Å². The van der Waals surface area contributed by atoms with Crippen molar-refractivity contribution in [1.82, 2.24) is 10.3 Å². The van der Waals surface area contributed by atoms with E-state index >= 15 is 0 Å². The second-order valence-corrected chi connectivity index (χ2v) is 7.72. The SMILES string of the molecule is CCOc1ccc(-c2cnc(-c3ccccc3C(=O)N[C@@H](C)c3ccc(Cl)cc3)o2)cc1. The van der Waals surface area contributed by atoms with Gasteiger partial charge in [-0.3, -0.25) is 4.79 Å². The lowest BCUT2D eigenvalue weighted by Gasteiger charge is -2.15. The molecule has 162 valence electrons. The van der Waals surface area contributed by atoms with Gasteiger partial charge in [0.15, 0.2) is 5.76 Å². The number of nitrogens with zero attached hydrogens (tertiary/aromatic N) is 1. The minimum absolute atomic E-state index is 0.184. The van der Waals surface area contributed by atoms with Gasteiger partial charge in [0.25, 0.3) is 5.91 Å². The highest BCUT2D eigenvalue weighted by Crippen LogP contribution is 2.29. The molecule has 5 nitrogen and oxygen atoms in total. The number of nitrogens with one attached hydrogen (secondary N) is 1. The van der Waals surface area contributed by atoms with E-state index in [1.807, 2.05) is 80.6 Å². The third kappa shape index (κ3) is 4.84. The van der Waals surface area contributed by atoms with Crippen LogP contribution in [0.3, 0.4) is 0 Å². The fraction of sp³-hybridized carbons (Fsp3) is 0.154. The van der Waals surface area contributed by atoms with E-state index in [4.69, 9.17) is 20.8 Å². The molecule has 0 saturated heterocycles. The third-order valence-electron chi connectivity index (χ3n) is 5.08. The van der Waals surface area contributed by atoms with E-state index in [2.05, 4.69) is 10.3 Å². The Morgan fingerprint density at radius 3 is 2.50 bits per heavy atom. The summed E-state index contributed by atoms with van der Waals surface area (Å²) < 4.78 is 11.5. The van der Waals surface area contributed by atoms with Crippen LogP contribution in [0, 0.1) is 0 Å². The molecule has 1 amide bonds. The van der Waals surface area contributed by atoms with Gasteiger partial charge in [-0.1, -0.05) is 35.9 Å². The van der Waals surface area contributed by atoms with E-state index in [9.17, 15) is 4.79 Å². The molecule has 1 N–H and O–H groups in total. The van der Waals surface area contributed by atoms with Crippen molar-refractivity contribution in [1.29, 1.82) is 0 Å². The summed E-state index contributed by atoms with van der Waals surface area (Å²) in [6, 6.07) is 22.1. The summed E-state index contributed by atoms with van der Waals surface area (Å²) in [5.74, 6) is 1.60. The average Bonchev–Trinajstić information content (AvgIpc) is 3.30. The van der Waals surface area contributed by atoms with Crippen LogP contribution in [0.15, 0.2) is 83.4 Å². The zero-order valence-corrected chi connectivity index (χ0v) is 18.6. The summed E-state index contributed by atoms with van der Waals surface area (Å²) >= 11 is 5.96. The molecule has 0 fully saturated rings. The Morgan fingerprint density at radius 2 is 1.78 bits per heavy atom. The maximum atomic E-state index is 13.0. The highest BCUT2D eigenvalue weighted by atomic mass is 35.5. The van der Waals surface area contributed by atoms with Gasteiger partial charge in [0.05, 0.1) is 24.4 Å². The van der Waals surface area contributed by atoms with Gasteiger partial charge < -0.3 is 14.5 Å². The maximum Gasteiger partial charge on any atom is 0.252 e. The van der Waals surface area contributed by atoms with Gasteiger partial charge >= 0.3 is 0 Å². The lowest BCUT2D eigenvalue weighted by Crippen LogP contribution is -2.27. The highest BCUT2D eigenvalue weighted by molar-refractivity contribution is 6.30. The number of oxazole rings is 1. The van der Waals surface area contributed by atoms with Crippen LogP contribution in [0.4, 0.5) is 0 Å². The molecule has 0 aliphatic rings. The second-order valence-electron chi connectivity index (χ2n) is 7.28. The van der Waals surface area contributed by atoms with Gasteiger partial charge in [0, 0.05) is 16.1 Å². The van der Waals surface area contributed by atoms with Crippen molar-refractivity contribution in [3.63, 3.8) is 0 Å². The molecule has 1 heterocycles.